The molecule has 1 aliphatic rings. The van der Waals surface area contributed by atoms with Gasteiger partial charge in [-0.25, -0.2) is 0 Å². The number of nitrogens with zero attached hydrogens (tertiary/aromatic N) is 2. The van der Waals surface area contributed by atoms with Crippen LogP contribution in [0, 0.1) is 12.3 Å². The first-order valence-electron chi connectivity index (χ1n) is 7.83. The fourth-order valence-corrected chi connectivity index (χ4v) is 4.92. The van der Waals surface area contributed by atoms with Gasteiger partial charge in [0.2, 0.25) is 11.6 Å². The molecular formula is C18H14N2O5S2. The van der Waals surface area contributed by atoms with Crippen LogP contribution in [0.15, 0.2) is 45.7 Å². The predicted molar refractivity (Wildman–Crippen MR) is 101 cm³/mol. The average Bonchev–Trinajstić information content (AvgIpc) is 3.24. The van der Waals surface area contributed by atoms with Crippen LogP contribution < -0.4 is 19.0 Å². The van der Waals surface area contributed by atoms with E-state index in [0.717, 1.165) is 10.2 Å². The molecule has 0 saturated heterocycles. The molecule has 0 amide bonds. The van der Waals surface area contributed by atoms with E-state index in [2.05, 4.69) is 10.3 Å². The zero-order valence-electron chi connectivity index (χ0n) is 14.2. The molecule has 0 spiro atoms. The molecule has 1 aromatic heterocycles. The molecule has 1 aliphatic heterocycles. The van der Waals surface area contributed by atoms with Crippen molar-refractivity contribution in [1.29, 1.82) is 0 Å². The lowest BCUT2D eigenvalue weighted by Gasteiger charge is -2.03. The van der Waals surface area contributed by atoms with Gasteiger partial charge >= 0.3 is 0 Å². The third-order valence-electron chi connectivity index (χ3n) is 3.98. The number of benzene rings is 2. The van der Waals surface area contributed by atoms with Crippen molar-refractivity contribution in [3.05, 3.63) is 41.2 Å². The summed E-state index contributed by atoms with van der Waals surface area (Å²) in [7, 11) is -2.40. The van der Waals surface area contributed by atoms with Crippen LogP contribution in [0.1, 0.15) is 0 Å². The number of fused-ring (bicyclic) bond motifs is 2. The summed E-state index contributed by atoms with van der Waals surface area (Å²) >= 11 is 1.22. The largest absolute Gasteiger partial charge is 0.497 e. The van der Waals surface area contributed by atoms with Gasteiger partial charge in [0.1, 0.15) is 5.75 Å². The molecule has 9 heteroatoms. The molecule has 0 saturated carbocycles. The molecule has 7 nitrogen and oxygen atoms in total. The highest BCUT2D eigenvalue weighted by atomic mass is 32.2. The second-order valence-corrected chi connectivity index (χ2v) is 8.20. The van der Waals surface area contributed by atoms with E-state index in [0.29, 0.717) is 17.2 Å². The second-order valence-electron chi connectivity index (χ2n) is 5.59. The van der Waals surface area contributed by atoms with Gasteiger partial charge in [-0.15, -0.1) is 10.8 Å². The minimum Gasteiger partial charge on any atom is -0.497 e. The minimum atomic E-state index is -3.91. The van der Waals surface area contributed by atoms with Crippen molar-refractivity contribution < 1.29 is 22.6 Å². The zero-order chi connectivity index (χ0) is 19.0. The van der Waals surface area contributed by atoms with Crippen molar-refractivity contribution in [3.63, 3.8) is 0 Å². The number of hydrogen-bond donors (Lipinski definition) is 0. The Morgan fingerprint density at radius 1 is 1.26 bits per heavy atom. The molecular weight excluding hydrogens is 388 g/mol. The Balaban J connectivity index is 1.88. The van der Waals surface area contributed by atoms with Crippen molar-refractivity contribution in [2.45, 2.75) is 11.4 Å². The Labute approximate surface area is 159 Å². The number of methoxy groups -OCH3 is 1. The number of ether oxygens (including phenoxy) is 3. The van der Waals surface area contributed by atoms with Crippen molar-refractivity contribution in [2.75, 3.05) is 13.9 Å². The van der Waals surface area contributed by atoms with Gasteiger partial charge in [0.25, 0.3) is 10.0 Å². The van der Waals surface area contributed by atoms with Crippen molar-refractivity contribution in [2.24, 2.45) is 4.40 Å². The number of sulfonamides is 1. The first kappa shape index (κ1) is 17.5. The summed E-state index contributed by atoms with van der Waals surface area (Å²) in [5.41, 5.74) is 0.742. The van der Waals surface area contributed by atoms with Crippen LogP contribution in [0.3, 0.4) is 0 Å². The summed E-state index contributed by atoms with van der Waals surface area (Å²) in [5.74, 6) is 4.31. The highest BCUT2D eigenvalue weighted by Crippen LogP contribution is 2.37. The maximum atomic E-state index is 12.7. The van der Waals surface area contributed by atoms with E-state index in [1.165, 1.54) is 30.6 Å². The zero-order valence-corrected chi connectivity index (χ0v) is 15.8. The van der Waals surface area contributed by atoms with E-state index >= 15 is 0 Å². The molecule has 138 valence electrons. The molecule has 0 atom stereocenters. The maximum absolute atomic E-state index is 12.7. The van der Waals surface area contributed by atoms with E-state index in [9.17, 15) is 8.42 Å². The lowest BCUT2D eigenvalue weighted by molar-refractivity contribution is 0.174. The van der Waals surface area contributed by atoms with Crippen LogP contribution in [0.5, 0.6) is 17.2 Å². The average molecular weight is 402 g/mol. The smallest absolute Gasteiger partial charge is 0.285 e. The number of aromatic nitrogens is 1. The lowest BCUT2D eigenvalue weighted by Crippen LogP contribution is -2.16. The second kappa shape index (κ2) is 6.64. The molecule has 3 aromatic rings. The SMILES string of the molecule is C#CCn1/c(=N/S(=O)(=O)c2ccc(OC)cc2)sc2cc3c(cc21)OCO3. The van der Waals surface area contributed by atoms with E-state index in [4.69, 9.17) is 20.6 Å². The van der Waals surface area contributed by atoms with Crippen molar-refractivity contribution >= 4 is 31.6 Å². The Morgan fingerprint density at radius 2 is 1.96 bits per heavy atom. The van der Waals surface area contributed by atoms with Gasteiger partial charge in [-0.3, -0.25) is 0 Å². The highest BCUT2D eigenvalue weighted by Gasteiger charge is 2.19. The first-order valence-corrected chi connectivity index (χ1v) is 10.1. The van der Waals surface area contributed by atoms with E-state index in [1.807, 2.05) is 0 Å². The highest BCUT2D eigenvalue weighted by molar-refractivity contribution is 7.90. The molecule has 0 fully saturated rings. The Kier molecular flexibility index (Phi) is 4.30. The Bertz CT molecular complexity index is 1230. The monoisotopic (exact) mass is 402 g/mol. The fraction of sp³-hybridized carbons (Fsp3) is 0.167. The molecule has 2 aromatic carbocycles. The van der Waals surface area contributed by atoms with Crippen LogP contribution >= 0.6 is 11.3 Å². The van der Waals surface area contributed by atoms with Crippen LogP contribution in [0.4, 0.5) is 0 Å². The van der Waals surface area contributed by atoms with Gasteiger partial charge in [0.15, 0.2) is 11.5 Å². The summed E-state index contributed by atoms with van der Waals surface area (Å²) in [6.07, 6.45) is 5.47. The molecule has 0 N–H and O–H groups in total. The summed E-state index contributed by atoms with van der Waals surface area (Å²) < 4.78 is 47.8. The maximum Gasteiger partial charge on any atom is 0.285 e. The number of hydrogen-bond acceptors (Lipinski definition) is 6. The van der Waals surface area contributed by atoms with Gasteiger partial charge in [-0.1, -0.05) is 17.3 Å². The van der Waals surface area contributed by atoms with Crippen molar-refractivity contribution in [1.82, 2.24) is 4.57 Å². The first-order chi connectivity index (χ1) is 13.0. The number of terminal acetylenes is 1. The standard InChI is InChI=1S/C18H14N2O5S2/c1-3-8-20-14-9-15-16(25-11-24-15)10-17(14)26-18(20)19-27(21,22)13-6-4-12(23-2)5-7-13/h1,4-7,9-10H,8,11H2,2H3/b19-18-. The van der Waals surface area contributed by atoms with Crippen molar-refractivity contribution in [3.8, 4) is 29.6 Å². The Morgan fingerprint density at radius 3 is 2.63 bits per heavy atom. The van der Waals surface area contributed by atoms with E-state index in [1.54, 1.807) is 28.8 Å². The summed E-state index contributed by atoms with van der Waals surface area (Å²) in [4.78, 5) is 0.351. The van der Waals surface area contributed by atoms with Gasteiger partial charge < -0.3 is 18.8 Å². The predicted octanol–water partition coefficient (Wildman–Crippen LogP) is 2.36. The quantitative estimate of drug-likeness (QED) is 0.626. The van der Waals surface area contributed by atoms with Crippen LogP contribution in [-0.4, -0.2) is 26.9 Å². The minimum absolute atomic E-state index is 0.0715. The fourth-order valence-electron chi connectivity index (χ4n) is 2.68. The topological polar surface area (TPSA) is 79.1 Å². The van der Waals surface area contributed by atoms with E-state index < -0.39 is 10.0 Å². The lowest BCUT2D eigenvalue weighted by atomic mass is 10.3. The molecule has 0 bridgehead atoms. The normalized spacial score (nSPS) is 13.7. The summed E-state index contributed by atoms with van der Waals surface area (Å²) in [5, 5.41) is 0. The van der Waals surface area contributed by atoms with Gasteiger partial charge in [0, 0.05) is 12.1 Å². The molecule has 4 rings (SSSR count). The van der Waals surface area contributed by atoms with Crippen LogP contribution in [0.2, 0.25) is 0 Å². The molecule has 0 radical (unpaired) electrons. The Hall–Kier alpha value is -2.96. The third-order valence-corrected chi connectivity index (χ3v) is 6.42. The molecule has 0 unspecified atom stereocenters. The molecule has 2 heterocycles. The van der Waals surface area contributed by atoms with Gasteiger partial charge in [-0.05, 0) is 24.3 Å². The summed E-state index contributed by atoms with van der Waals surface area (Å²) in [6.45, 7) is 0.335. The molecule has 0 aliphatic carbocycles. The van der Waals surface area contributed by atoms with Crippen LogP contribution in [0.25, 0.3) is 10.2 Å². The van der Waals surface area contributed by atoms with Gasteiger partial charge in [0.05, 0.1) is 28.8 Å². The summed E-state index contributed by atoms with van der Waals surface area (Å²) in [6, 6.07) is 9.63. The molecule has 27 heavy (non-hydrogen) atoms. The number of thiazole rings is 1. The third kappa shape index (κ3) is 3.13. The van der Waals surface area contributed by atoms with Crippen LogP contribution in [-0.2, 0) is 16.6 Å². The number of rotatable bonds is 4. The van der Waals surface area contributed by atoms with Gasteiger partial charge in [-0.2, -0.15) is 8.42 Å². The van der Waals surface area contributed by atoms with E-state index in [-0.39, 0.29) is 23.0 Å².